The van der Waals surface area contributed by atoms with Gasteiger partial charge in [0.05, 0.1) is 6.61 Å². The fourth-order valence-electron chi connectivity index (χ4n) is 2.81. The Morgan fingerprint density at radius 3 is 2.32 bits per heavy atom. The molecule has 0 saturated carbocycles. The summed E-state index contributed by atoms with van der Waals surface area (Å²) in [6.45, 7) is 9.01. The molecule has 0 radical (unpaired) electrons. The first-order chi connectivity index (χ1) is 13.3. The Balaban J connectivity index is 2.13. The second-order valence-electron chi connectivity index (χ2n) is 7.61. The van der Waals surface area contributed by atoms with Crippen LogP contribution in [0.5, 0.6) is 11.5 Å². The van der Waals surface area contributed by atoms with Gasteiger partial charge in [-0.15, -0.1) is 11.6 Å². The van der Waals surface area contributed by atoms with Gasteiger partial charge in [-0.25, -0.2) is 0 Å². The number of hydrogen-bond acceptors (Lipinski definition) is 4. The van der Waals surface area contributed by atoms with Crippen LogP contribution in [-0.4, -0.2) is 29.3 Å². The first-order valence-electron chi connectivity index (χ1n) is 9.33. The van der Waals surface area contributed by atoms with Crippen LogP contribution in [0.1, 0.15) is 37.5 Å². The van der Waals surface area contributed by atoms with Crippen LogP contribution in [0.25, 0.3) is 0 Å². The van der Waals surface area contributed by atoms with E-state index < -0.39 is 0 Å². The average Bonchev–Trinajstić information content (AvgIpc) is 2.70. The summed E-state index contributed by atoms with van der Waals surface area (Å²) in [7, 11) is 0. The number of rotatable bonds is 9. The number of aliphatic hydroxyl groups is 2. The van der Waals surface area contributed by atoms with E-state index in [2.05, 4.69) is 39.8 Å². The van der Waals surface area contributed by atoms with Crippen LogP contribution in [0.2, 0.25) is 0 Å². The summed E-state index contributed by atoms with van der Waals surface area (Å²) < 4.78 is 11.3. The zero-order valence-corrected chi connectivity index (χ0v) is 17.7. The molecule has 0 aliphatic rings. The Morgan fingerprint density at radius 1 is 1.11 bits per heavy atom. The minimum Gasteiger partial charge on any atom is -0.512 e. The first-order valence-corrected chi connectivity index (χ1v) is 9.86. The predicted octanol–water partition coefficient (Wildman–Crippen LogP) is 5.91. The smallest absolute Gasteiger partial charge is 0.164 e. The SMILES string of the molecule is Cc1cc(C(C)(C)c2ccc(OC/C(O)=C/O)cc2)ccc1OC[C@@H](C)CCl. The highest BCUT2D eigenvalue weighted by molar-refractivity contribution is 6.18. The second kappa shape index (κ2) is 9.74. The molecule has 0 fully saturated rings. The minimum atomic E-state index is -0.220. The highest BCUT2D eigenvalue weighted by Gasteiger charge is 2.24. The van der Waals surface area contributed by atoms with Crippen molar-refractivity contribution in [3.8, 4) is 11.5 Å². The molecule has 0 aromatic heterocycles. The van der Waals surface area contributed by atoms with Gasteiger partial charge in [0.25, 0.3) is 0 Å². The van der Waals surface area contributed by atoms with Crippen LogP contribution in [0.4, 0.5) is 0 Å². The van der Waals surface area contributed by atoms with E-state index in [4.69, 9.17) is 26.2 Å². The van der Waals surface area contributed by atoms with Gasteiger partial charge in [-0.3, -0.25) is 0 Å². The molecule has 0 spiro atoms. The van der Waals surface area contributed by atoms with Crippen LogP contribution in [-0.2, 0) is 5.41 Å². The third kappa shape index (κ3) is 5.59. The van der Waals surface area contributed by atoms with E-state index in [0.29, 0.717) is 30.4 Å². The number of aryl methyl sites for hydroxylation is 1. The summed E-state index contributed by atoms with van der Waals surface area (Å²) in [6.07, 6.45) is 0.629. The van der Waals surface area contributed by atoms with Crippen molar-refractivity contribution in [3.05, 3.63) is 71.2 Å². The molecule has 2 rings (SSSR count). The van der Waals surface area contributed by atoms with Crippen molar-refractivity contribution in [1.29, 1.82) is 0 Å². The fourth-order valence-corrected chi connectivity index (χ4v) is 2.89. The van der Waals surface area contributed by atoms with Crippen LogP contribution in [0.3, 0.4) is 0 Å². The molecule has 152 valence electrons. The van der Waals surface area contributed by atoms with Crippen molar-refractivity contribution < 1.29 is 19.7 Å². The lowest BCUT2D eigenvalue weighted by atomic mass is 9.77. The maximum Gasteiger partial charge on any atom is 0.164 e. The maximum atomic E-state index is 9.25. The Labute approximate surface area is 172 Å². The molecule has 2 aromatic rings. The quantitative estimate of drug-likeness (QED) is 0.403. The van der Waals surface area contributed by atoms with E-state index in [0.717, 1.165) is 16.9 Å². The molecule has 2 aromatic carbocycles. The Kier molecular flexibility index (Phi) is 7.64. The zero-order chi connectivity index (χ0) is 20.7. The summed E-state index contributed by atoms with van der Waals surface area (Å²) in [4.78, 5) is 0. The van der Waals surface area contributed by atoms with Gasteiger partial charge in [-0.05, 0) is 41.8 Å². The number of ether oxygens (including phenoxy) is 2. The lowest BCUT2D eigenvalue weighted by molar-refractivity contribution is 0.255. The van der Waals surface area contributed by atoms with E-state index in [1.807, 2.05) is 30.3 Å². The van der Waals surface area contributed by atoms with Gasteiger partial charge in [-0.2, -0.15) is 0 Å². The number of aliphatic hydroxyl groups excluding tert-OH is 2. The van der Waals surface area contributed by atoms with Gasteiger partial charge in [0, 0.05) is 17.2 Å². The van der Waals surface area contributed by atoms with Gasteiger partial charge in [0.15, 0.2) is 5.76 Å². The topological polar surface area (TPSA) is 58.9 Å². The van der Waals surface area contributed by atoms with Gasteiger partial charge < -0.3 is 19.7 Å². The van der Waals surface area contributed by atoms with Crippen LogP contribution in [0.15, 0.2) is 54.5 Å². The lowest BCUT2D eigenvalue weighted by Crippen LogP contribution is -2.19. The molecule has 4 nitrogen and oxygen atoms in total. The van der Waals surface area contributed by atoms with Crippen molar-refractivity contribution in [3.63, 3.8) is 0 Å². The molecule has 0 bridgehead atoms. The molecule has 0 unspecified atom stereocenters. The van der Waals surface area contributed by atoms with Gasteiger partial charge in [-0.1, -0.05) is 45.0 Å². The highest BCUT2D eigenvalue weighted by atomic mass is 35.5. The fraction of sp³-hybridized carbons (Fsp3) is 0.391. The number of benzene rings is 2. The third-order valence-electron chi connectivity index (χ3n) is 4.80. The van der Waals surface area contributed by atoms with Crippen LogP contribution < -0.4 is 9.47 Å². The number of hydrogen-bond donors (Lipinski definition) is 2. The number of halogens is 1. The van der Waals surface area contributed by atoms with E-state index in [1.54, 1.807) is 0 Å². The third-order valence-corrected chi connectivity index (χ3v) is 5.32. The van der Waals surface area contributed by atoms with Gasteiger partial charge in [0.1, 0.15) is 24.4 Å². The normalized spacial score (nSPS) is 13.2. The molecule has 5 heteroatoms. The molecular weight excluding hydrogens is 376 g/mol. The summed E-state index contributed by atoms with van der Waals surface area (Å²) in [5, 5.41) is 18.0. The molecule has 28 heavy (non-hydrogen) atoms. The highest BCUT2D eigenvalue weighted by Crippen LogP contribution is 2.34. The van der Waals surface area contributed by atoms with Crippen molar-refractivity contribution in [2.45, 2.75) is 33.1 Å². The van der Waals surface area contributed by atoms with E-state index in [1.165, 1.54) is 5.56 Å². The van der Waals surface area contributed by atoms with Gasteiger partial charge in [0.2, 0.25) is 0 Å². The molecular formula is C23H29ClO4. The van der Waals surface area contributed by atoms with Gasteiger partial charge >= 0.3 is 0 Å². The van der Waals surface area contributed by atoms with Crippen molar-refractivity contribution >= 4 is 11.6 Å². The predicted molar refractivity (Wildman–Crippen MR) is 114 cm³/mol. The monoisotopic (exact) mass is 404 g/mol. The molecule has 0 aliphatic heterocycles. The average molecular weight is 405 g/mol. The van der Waals surface area contributed by atoms with Crippen molar-refractivity contribution in [1.82, 2.24) is 0 Å². The maximum absolute atomic E-state index is 9.25. The summed E-state index contributed by atoms with van der Waals surface area (Å²) in [5.74, 6) is 2.19. The summed E-state index contributed by atoms with van der Waals surface area (Å²) in [6, 6.07) is 14.0. The molecule has 2 N–H and O–H groups in total. The van der Waals surface area contributed by atoms with E-state index in [-0.39, 0.29) is 17.8 Å². The Hall–Kier alpha value is -2.33. The molecule has 0 saturated heterocycles. The lowest BCUT2D eigenvalue weighted by Gasteiger charge is -2.27. The molecule has 0 aliphatic carbocycles. The standard InChI is InChI=1S/C23H29ClO4/c1-16(12-24)14-28-22-10-7-19(11-17(22)2)23(3,4)18-5-8-21(9-6-18)27-15-20(26)13-25/h5-11,13,16,25-26H,12,14-15H2,1-4H3/b20-13-/t16-/m0/s1. The zero-order valence-electron chi connectivity index (χ0n) is 16.9. The Morgan fingerprint density at radius 2 is 1.75 bits per heavy atom. The van der Waals surface area contributed by atoms with Crippen molar-refractivity contribution in [2.75, 3.05) is 19.1 Å². The van der Waals surface area contributed by atoms with E-state index in [9.17, 15) is 5.11 Å². The van der Waals surface area contributed by atoms with Crippen LogP contribution >= 0.6 is 11.6 Å². The molecule has 0 heterocycles. The molecule has 0 amide bonds. The van der Waals surface area contributed by atoms with E-state index >= 15 is 0 Å². The Bertz CT molecular complexity index is 797. The van der Waals surface area contributed by atoms with Crippen molar-refractivity contribution in [2.24, 2.45) is 5.92 Å². The summed E-state index contributed by atoms with van der Waals surface area (Å²) in [5.41, 5.74) is 3.24. The first kappa shape index (κ1) is 22.0. The molecule has 1 atom stereocenters. The second-order valence-corrected chi connectivity index (χ2v) is 7.92. The largest absolute Gasteiger partial charge is 0.512 e. The summed E-state index contributed by atoms with van der Waals surface area (Å²) >= 11 is 5.85. The van der Waals surface area contributed by atoms with Crippen LogP contribution in [0, 0.1) is 12.8 Å². The minimum absolute atomic E-state index is 0.0672. The number of alkyl halides is 1.